The van der Waals surface area contributed by atoms with Crippen molar-refractivity contribution in [2.24, 2.45) is 0 Å². The molecule has 1 fully saturated rings. The number of nitrogens with two attached hydrogens (primary N) is 1. The van der Waals surface area contributed by atoms with E-state index < -0.39 is 5.91 Å². The molecule has 5 N–H and O–H groups in total. The predicted molar refractivity (Wildman–Crippen MR) is 129 cm³/mol. The summed E-state index contributed by atoms with van der Waals surface area (Å²) in [6, 6.07) is 5.35. The van der Waals surface area contributed by atoms with E-state index in [1.54, 1.807) is 28.9 Å². The summed E-state index contributed by atoms with van der Waals surface area (Å²) >= 11 is 10.1. The van der Waals surface area contributed by atoms with E-state index in [4.69, 9.17) is 32.0 Å². The highest BCUT2D eigenvalue weighted by molar-refractivity contribution is 9.10. The molecule has 4 rings (SSSR count). The van der Waals surface area contributed by atoms with Crippen LogP contribution in [0.5, 0.6) is 0 Å². The molecule has 0 spiro atoms. The molecule has 3 aromatic rings. The smallest absolute Gasteiger partial charge is 0.278 e. The van der Waals surface area contributed by atoms with Crippen LogP contribution in [-0.4, -0.2) is 64.8 Å². The Morgan fingerprint density at radius 2 is 2.15 bits per heavy atom. The van der Waals surface area contributed by atoms with Crippen molar-refractivity contribution in [3.05, 3.63) is 51.3 Å². The normalized spacial score (nSPS) is 14.5. The van der Waals surface area contributed by atoms with E-state index in [9.17, 15) is 4.79 Å². The molecule has 0 unspecified atom stereocenters. The lowest BCUT2D eigenvalue weighted by atomic mass is 10.2. The van der Waals surface area contributed by atoms with Crippen LogP contribution in [0.15, 0.2) is 35.1 Å². The van der Waals surface area contributed by atoms with E-state index in [-0.39, 0.29) is 23.8 Å². The molecule has 1 aliphatic rings. The molecule has 0 atom stereocenters. The number of halogens is 2. The molecule has 12 heteroatoms. The first-order valence-electron chi connectivity index (χ1n) is 10.3. The van der Waals surface area contributed by atoms with Gasteiger partial charge in [-0.3, -0.25) is 14.5 Å². The molecule has 2 aromatic heterocycles. The van der Waals surface area contributed by atoms with Gasteiger partial charge in [-0.25, -0.2) is 10.5 Å². The number of pyridine rings is 1. The molecule has 3 heterocycles. The van der Waals surface area contributed by atoms with Gasteiger partial charge in [0.2, 0.25) is 0 Å². The lowest BCUT2D eigenvalue weighted by Crippen LogP contribution is -2.36. The molecular weight excluding hydrogens is 516 g/mol. The third-order valence-electron chi connectivity index (χ3n) is 5.18. The Labute approximate surface area is 203 Å². The fourth-order valence-electron chi connectivity index (χ4n) is 3.53. The summed E-state index contributed by atoms with van der Waals surface area (Å²) in [6.45, 7) is 3.34. The van der Waals surface area contributed by atoms with Crippen LogP contribution < -0.4 is 16.5 Å². The van der Waals surface area contributed by atoms with Crippen LogP contribution in [-0.2, 0) is 16.1 Å². The van der Waals surface area contributed by atoms with Crippen molar-refractivity contribution in [3.8, 4) is 0 Å². The van der Waals surface area contributed by atoms with Gasteiger partial charge < -0.3 is 25.3 Å². The van der Waals surface area contributed by atoms with Crippen molar-refractivity contribution in [3.63, 3.8) is 0 Å². The van der Waals surface area contributed by atoms with Crippen LogP contribution in [0.2, 0.25) is 5.02 Å². The number of morpholine rings is 1. The van der Waals surface area contributed by atoms with E-state index in [0.29, 0.717) is 42.5 Å². The van der Waals surface area contributed by atoms with Crippen LogP contribution in [0.3, 0.4) is 0 Å². The average Bonchev–Trinajstić information content (AvgIpc) is 3.20. The zero-order chi connectivity index (χ0) is 23.4. The number of imidazole rings is 1. The molecule has 1 aliphatic heterocycles. The van der Waals surface area contributed by atoms with Crippen LogP contribution in [0.4, 0.5) is 17.1 Å². The highest BCUT2D eigenvalue weighted by atomic mass is 79.9. The summed E-state index contributed by atoms with van der Waals surface area (Å²) in [4.78, 5) is 24.7. The second-order valence-electron chi connectivity index (χ2n) is 7.42. The summed E-state index contributed by atoms with van der Waals surface area (Å²) in [5, 5.41) is 12.4. The van der Waals surface area contributed by atoms with Crippen molar-refractivity contribution < 1.29 is 19.5 Å². The maximum Gasteiger partial charge on any atom is 0.278 e. The minimum Gasteiger partial charge on any atom is -0.397 e. The van der Waals surface area contributed by atoms with E-state index in [1.807, 2.05) is 6.07 Å². The lowest BCUT2D eigenvalue weighted by Gasteiger charge is -2.26. The number of nitrogens with zero attached hydrogens (tertiary/aromatic N) is 3. The number of aliphatic hydroxyl groups is 1. The summed E-state index contributed by atoms with van der Waals surface area (Å²) in [5.41, 5.74) is 11.5. The minimum atomic E-state index is -0.531. The van der Waals surface area contributed by atoms with E-state index in [1.165, 1.54) is 0 Å². The molecule has 0 saturated carbocycles. The third-order valence-corrected chi connectivity index (χ3v) is 6.03. The van der Waals surface area contributed by atoms with Crippen molar-refractivity contribution >= 4 is 56.1 Å². The molecule has 0 aliphatic carbocycles. The van der Waals surface area contributed by atoms with Gasteiger partial charge in [0.25, 0.3) is 5.91 Å². The number of hydrogen-bond acceptors (Lipinski definition) is 8. The molecule has 176 valence electrons. The van der Waals surface area contributed by atoms with E-state index in [2.05, 4.69) is 36.6 Å². The first-order chi connectivity index (χ1) is 16.0. The Hall–Kier alpha value is -2.41. The number of rotatable bonds is 8. The fourth-order valence-corrected chi connectivity index (χ4v) is 4.19. The topological polar surface area (TPSA) is 126 Å². The van der Waals surface area contributed by atoms with Crippen LogP contribution in [0, 0.1) is 0 Å². The SMILES string of the molecule is Nc1cc(Br)ccc1Nc1c(C(=O)NOCCO)cn2c(CN3CCOCC3)cnc2c1Cl. The van der Waals surface area contributed by atoms with Gasteiger partial charge in [0, 0.05) is 30.3 Å². The number of hydrogen-bond donors (Lipinski definition) is 4. The number of aromatic nitrogens is 2. The van der Waals surface area contributed by atoms with Gasteiger partial charge in [0.05, 0.1) is 60.9 Å². The second-order valence-corrected chi connectivity index (χ2v) is 8.72. The Morgan fingerprint density at radius 1 is 1.36 bits per heavy atom. The number of nitrogen functional groups attached to an aromatic ring is 1. The first kappa shape index (κ1) is 23.7. The molecule has 1 aromatic carbocycles. The van der Waals surface area contributed by atoms with E-state index >= 15 is 0 Å². The van der Waals surface area contributed by atoms with E-state index in [0.717, 1.165) is 23.3 Å². The van der Waals surface area contributed by atoms with Crippen molar-refractivity contribution in [1.82, 2.24) is 19.8 Å². The summed E-state index contributed by atoms with van der Waals surface area (Å²) in [6.07, 6.45) is 3.41. The number of fused-ring (bicyclic) bond motifs is 1. The van der Waals surface area contributed by atoms with Gasteiger partial charge in [0.1, 0.15) is 5.02 Å². The Bertz CT molecular complexity index is 1150. The highest BCUT2D eigenvalue weighted by Gasteiger charge is 2.22. The number of amides is 1. The zero-order valence-electron chi connectivity index (χ0n) is 17.7. The molecule has 1 amide bonds. The number of ether oxygens (including phenoxy) is 1. The minimum absolute atomic E-state index is 0.0442. The first-order valence-corrected chi connectivity index (χ1v) is 11.5. The molecular formula is C21H24BrClN6O4. The Balaban J connectivity index is 1.74. The average molecular weight is 540 g/mol. The number of carbonyl (C=O) groups excluding carboxylic acids is 1. The molecule has 1 saturated heterocycles. The molecule has 0 radical (unpaired) electrons. The summed E-state index contributed by atoms with van der Waals surface area (Å²) in [7, 11) is 0. The van der Waals surface area contributed by atoms with Gasteiger partial charge in [0.15, 0.2) is 5.65 Å². The Morgan fingerprint density at radius 3 is 2.88 bits per heavy atom. The fraction of sp³-hybridized carbons (Fsp3) is 0.333. The van der Waals surface area contributed by atoms with Crippen LogP contribution in [0.25, 0.3) is 5.65 Å². The molecule has 10 nitrogen and oxygen atoms in total. The third kappa shape index (κ3) is 5.40. The van der Waals surface area contributed by atoms with Crippen LogP contribution >= 0.6 is 27.5 Å². The van der Waals surface area contributed by atoms with Gasteiger partial charge in [-0.2, -0.15) is 0 Å². The number of aliphatic hydroxyl groups excluding tert-OH is 1. The monoisotopic (exact) mass is 538 g/mol. The number of benzene rings is 1. The van der Waals surface area contributed by atoms with Crippen molar-refractivity contribution in [2.45, 2.75) is 6.54 Å². The number of nitrogens with one attached hydrogen (secondary N) is 2. The molecule has 33 heavy (non-hydrogen) atoms. The van der Waals surface area contributed by atoms with Gasteiger partial charge in [-0.05, 0) is 18.2 Å². The summed E-state index contributed by atoms with van der Waals surface area (Å²) < 4.78 is 8.04. The largest absolute Gasteiger partial charge is 0.397 e. The van der Waals surface area contributed by atoms with Crippen molar-refractivity contribution in [1.29, 1.82) is 0 Å². The standard InChI is InChI=1S/C21H24BrClN6O4/c22-13-1-2-17(16(24)9-13)26-19-15(21(31)27-33-8-5-30)12-29-14(10-25-20(29)18(19)23)11-28-3-6-32-7-4-28/h1-2,9-10,12,26,30H,3-8,11,24H2,(H,27,31). The van der Waals surface area contributed by atoms with Gasteiger partial charge >= 0.3 is 0 Å². The van der Waals surface area contributed by atoms with Crippen molar-refractivity contribution in [2.75, 3.05) is 50.6 Å². The number of carbonyl (C=O) groups is 1. The number of anilines is 3. The zero-order valence-corrected chi connectivity index (χ0v) is 20.0. The maximum absolute atomic E-state index is 13.0. The second kappa shape index (κ2) is 10.7. The predicted octanol–water partition coefficient (Wildman–Crippen LogP) is 2.56. The van der Waals surface area contributed by atoms with Crippen LogP contribution in [0.1, 0.15) is 16.1 Å². The summed E-state index contributed by atoms with van der Waals surface area (Å²) in [5.74, 6) is -0.531. The Kier molecular flexibility index (Phi) is 7.68. The molecule has 0 bridgehead atoms. The quantitative estimate of drug-likeness (QED) is 0.195. The highest BCUT2D eigenvalue weighted by Crippen LogP contribution is 2.35. The van der Waals surface area contributed by atoms with Gasteiger partial charge in [-0.1, -0.05) is 27.5 Å². The lowest BCUT2D eigenvalue weighted by molar-refractivity contribution is 0.0168. The maximum atomic E-state index is 13.0. The number of hydroxylamine groups is 1. The van der Waals surface area contributed by atoms with Gasteiger partial charge in [-0.15, -0.1) is 0 Å².